The van der Waals surface area contributed by atoms with Crippen molar-refractivity contribution >= 4 is 5.78 Å². The summed E-state index contributed by atoms with van der Waals surface area (Å²) in [4.78, 5) is 11.5. The molecule has 1 rings (SSSR count). The zero-order valence-corrected chi connectivity index (χ0v) is 10.5. The number of rotatable bonds is 4. The fourth-order valence-corrected chi connectivity index (χ4v) is 1.34. The predicted octanol–water partition coefficient (Wildman–Crippen LogP) is 3.59. The van der Waals surface area contributed by atoms with E-state index in [-0.39, 0.29) is 11.4 Å². The highest BCUT2D eigenvalue weighted by atomic mass is 16.5. The molecule has 0 unspecified atom stereocenters. The van der Waals surface area contributed by atoms with Gasteiger partial charge in [-0.15, -0.1) is 0 Å². The second kappa shape index (κ2) is 5.26. The largest absolute Gasteiger partial charge is 0.371 e. The molecule has 0 saturated carbocycles. The quantitative estimate of drug-likeness (QED) is 0.725. The van der Waals surface area contributed by atoms with Crippen molar-refractivity contribution in [1.29, 1.82) is 0 Å². The third kappa shape index (κ3) is 4.15. The lowest BCUT2D eigenvalue weighted by Gasteiger charge is -2.19. The highest BCUT2D eigenvalue weighted by Gasteiger charge is 2.10. The standard InChI is InChI=1S/C14H20O2/c1-5-13(15)12-8-6-7-11(9-12)10-16-14(2,3)4/h6-9H,5,10H2,1-4H3. The molecule has 1 aromatic rings. The number of ether oxygens (including phenoxy) is 1. The van der Waals surface area contributed by atoms with Crippen molar-refractivity contribution in [2.45, 2.75) is 46.3 Å². The summed E-state index contributed by atoms with van der Waals surface area (Å²) in [6.07, 6.45) is 0.545. The van der Waals surface area contributed by atoms with Crippen molar-refractivity contribution in [3.8, 4) is 0 Å². The highest BCUT2D eigenvalue weighted by Crippen LogP contribution is 2.13. The van der Waals surface area contributed by atoms with Crippen molar-refractivity contribution in [2.75, 3.05) is 0 Å². The average Bonchev–Trinajstić information content (AvgIpc) is 2.25. The normalized spacial score (nSPS) is 11.5. The summed E-state index contributed by atoms with van der Waals surface area (Å²) in [5.74, 6) is 0.178. The van der Waals surface area contributed by atoms with E-state index in [2.05, 4.69) is 0 Å². The van der Waals surface area contributed by atoms with Crippen LogP contribution in [0.15, 0.2) is 24.3 Å². The molecule has 0 aliphatic rings. The van der Waals surface area contributed by atoms with Gasteiger partial charge in [-0.1, -0.05) is 25.1 Å². The first-order valence-corrected chi connectivity index (χ1v) is 5.68. The summed E-state index contributed by atoms with van der Waals surface area (Å²) in [6, 6.07) is 7.66. The maximum atomic E-state index is 11.5. The van der Waals surface area contributed by atoms with Crippen molar-refractivity contribution in [3.05, 3.63) is 35.4 Å². The number of ketones is 1. The van der Waals surface area contributed by atoms with Crippen LogP contribution in [0.25, 0.3) is 0 Å². The SMILES string of the molecule is CCC(=O)c1cccc(COC(C)(C)C)c1. The van der Waals surface area contributed by atoms with Crippen LogP contribution in [-0.4, -0.2) is 11.4 Å². The molecular weight excluding hydrogens is 200 g/mol. The molecule has 0 heterocycles. The average molecular weight is 220 g/mol. The Morgan fingerprint density at radius 1 is 1.31 bits per heavy atom. The fourth-order valence-electron chi connectivity index (χ4n) is 1.34. The Kier molecular flexibility index (Phi) is 4.25. The van der Waals surface area contributed by atoms with E-state index in [4.69, 9.17) is 4.74 Å². The molecule has 0 aliphatic heterocycles. The Balaban J connectivity index is 2.71. The van der Waals surface area contributed by atoms with Crippen LogP contribution in [0, 0.1) is 0 Å². The van der Waals surface area contributed by atoms with E-state index < -0.39 is 0 Å². The van der Waals surface area contributed by atoms with Crippen LogP contribution < -0.4 is 0 Å². The molecule has 0 fully saturated rings. The number of carbonyl (C=O) groups is 1. The molecule has 0 spiro atoms. The third-order valence-electron chi connectivity index (χ3n) is 2.24. The molecule has 16 heavy (non-hydrogen) atoms. The monoisotopic (exact) mass is 220 g/mol. The minimum absolute atomic E-state index is 0.148. The van der Waals surface area contributed by atoms with E-state index in [9.17, 15) is 4.79 Å². The van der Waals surface area contributed by atoms with E-state index >= 15 is 0 Å². The van der Waals surface area contributed by atoms with Gasteiger partial charge < -0.3 is 4.74 Å². The lowest BCUT2D eigenvalue weighted by molar-refractivity contribution is -0.0149. The predicted molar refractivity (Wildman–Crippen MR) is 65.6 cm³/mol. The Morgan fingerprint density at radius 2 is 2.00 bits per heavy atom. The minimum Gasteiger partial charge on any atom is -0.371 e. The van der Waals surface area contributed by atoms with E-state index in [1.165, 1.54) is 0 Å². The van der Waals surface area contributed by atoms with Gasteiger partial charge in [-0.3, -0.25) is 4.79 Å². The summed E-state index contributed by atoms with van der Waals surface area (Å²) < 4.78 is 5.67. The van der Waals surface area contributed by atoms with Crippen molar-refractivity contribution in [3.63, 3.8) is 0 Å². The topological polar surface area (TPSA) is 26.3 Å². The first-order valence-electron chi connectivity index (χ1n) is 5.68. The molecule has 0 bridgehead atoms. The first kappa shape index (κ1) is 12.9. The Bertz CT molecular complexity index is 361. The molecule has 0 atom stereocenters. The van der Waals surface area contributed by atoms with Gasteiger partial charge in [-0.2, -0.15) is 0 Å². The molecule has 2 heteroatoms. The molecule has 0 aromatic heterocycles. The van der Waals surface area contributed by atoms with Crippen molar-refractivity contribution in [1.82, 2.24) is 0 Å². The number of carbonyl (C=O) groups excluding carboxylic acids is 1. The summed E-state index contributed by atoms with van der Waals surface area (Å²) >= 11 is 0. The molecule has 0 amide bonds. The number of benzene rings is 1. The summed E-state index contributed by atoms with van der Waals surface area (Å²) in [6.45, 7) is 8.49. The lowest BCUT2D eigenvalue weighted by Crippen LogP contribution is -2.18. The van der Waals surface area contributed by atoms with Crippen LogP contribution in [0.4, 0.5) is 0 Å². The molecule has 0 radical (unpaired) electrons. The van der Waals surface area contributed by atoms with E-state index in [0.29, 0.717) is 13.0 Å². The second-order valence-electron chi connectivity index (χ2n) is 4.88. The van der Waals surface area contributed by atoms with Crippen LogP contribution in [0.3, 0.4) is 0 Å². The molecule has 0 N–H and O–H groups in total. The summed E-state index contributed by atoms with van der Waals surface area (Å²) in [7, 11) is 0. The van der Waals surface area contributed by atoms with Gasteiger partial charge in [0.25, 0.3) is 0 Å². The molecule has 1 aromatic carbocycles. The van der Waals surface area contributed by atoms with Crippen LogP contribution in [0.2, 0.25) is 0 Å². The molecule has 88 valence electrons. The van der Waals surface area contributed by atoms with Gasteiger partial charge >= 0.3 is 0 Å². The maximum absolute atomic E-state index is 11.5. The van der Waals surface area contributed by atoms with Gasteiger partial charge in [0.1, 0.15) is 0 Å². The number of Topliss-reactive ketones (excluding diaryl/α,β-unsaturated/α-hetero) is 1. The number of hydrogen-bond acceptors (Lipinski definition) is 2. The Hall–Kier alpha value is -1.15. The zero-order chi connectivity index (χ0) is 12.2. The number of hydrogen-bond donors (Lipinski definition) is 0. The lowest BCUT2D eigenvalue weighted by atomic mass is 10.1. The summed E-state index contributed by atoms with van der Waals surface area (Å²) in [5, 5.41) is 0. The zero-order valence-electron chi connectivity index (χ0n) is 10.5. The van der Waals surface area contributed by atoms with Gasteiger partial charge in [0.05, 0.1) is 12.2 Å². The third-order valence-corrected chi connectivity index (χ3v) is 2.24. The van der Waals surface area contributed by atoms with E-state index in [1.807, 2.05) is 52.0 Å². The Labute approximate surface area is 97.6 Å². The van der Waals surface area contributed by atoms with Gasteiger partial charge in [-0.25, -0.2) is 0 Å². The first-order chi connectivity index (χ1) is 7.42. The Morgan fingerprint density at radius 3 is 2.56 bits per heavy atom. The van der Waals surface area contributed by atoms with Crippen LogP contribution in [-0.2, 0) is 11.3 Å². The van der Waals surface area contributed by atoms with Crippen LogP contribution in [0.1, 0.15) is 50.0 Å². The van der Waals surface area contributed by atoms with Crippen LogP contribution >= 0.6 is 0 Å². The van der Waals surface area contributed by atoms with Gasteiger partial charge in [0.15, 0.2) is 5.78 Å². The smallest absolute Gasteiger partial charge is 0.162 e. The van der Waals surface area contributed by atoms with Crippen molar-refractivity contribution in [2.24, 2.45) is 0 Å². The van der Waals surface area contributed by atoms with Crippen molar-refractivity contribution < 1.29 is 9.53 Å². The molecule has 0 aliphatic carbocycles. The molecule has 2 nitrogen and oxygen atoms in total. The van der Waals surface area contributed by atoms with E-state index in [1.54, 1.807) is 0 Å². The fraction of sp³-hybridized carbons (Fsp3) is 0.500. The van der Waals surface area contributed by atoms with Gasteiger partial charge in [0.2, 0.25) is 0 Å². The second-order valence-corrected chi connectivity index (χ2v) is 4.88. The van der Waals surface area contributed by atoms with Gasteiger partial charge in [0, 0.05) is 12.0 Å². The molecular formula is C14H20O2. The van der Waals surface area contributed by atoms with Crippen LogP contribution in [0.5, 0.6) is 0 Å². The minimum atomic E-state index is -0.148. The molecule has 0 saturated heterocycles. The highest BCUT2D eigenvalue weighted by molar-refractivity contribution is 5.95. The maximum Gasteiger partial charge on any atom is 0.162 e. The van der Waals surface area contributed by atoms with Gasteiger partial charge in [-0.05, 0) is 32.4 Å². The summed E-state index contributed by atoms with van der Waals surface area (Å²) in [5.41, 5.74) is 1.68. The van der Waals surface area contributed by atoms with E-state index in [0.717, 1.165) is 11.1 Å².